The van der Waals surface area contributed by atoms with Crippen molar-refractivity contribution in [2.24, 2.45) is 5.73 Å². The Hall–Kier alpha value is -1.49. The number of primary amides is 1. The number of thioether (sulfide) groups is 1. The van der Waals surface area contributed by atoms with Crippen molar-refractivity contribution >= 4 is 28.7 Å². The fourth-order valence-electron chi connectivity index (χ4n) is 1.67. The van der Waals surface area contributed by atoms with Gasteiger partial charge in [0, 0.05) is 5.75 Å². The van der Waals surface area contributed by atoms with E-state index in [9.17, 15) is 4.79 Å². The minimum absolute atomic E-state index is 0.187. The van der Waals surface area contributed by atoms with Crippen molar-refractivity contribution in [2.45, 2.75) is 25.0 Å². The zero-order chi connectivity index (χ0) is 12.3. The summed E-state index contributed by atoms with van der Waals surface area (Å²) in [5, 5.41) is 0.867. The second-order valence-electron chi connectivity index (χ2n) is 3.78. The quantitative estimate of drug-likeness (QED) is 0.825. The van der Waals surface area contributed by atoms with Crippen LogP contribution in [-0.4, -0.2) is 21.2 Å². The second kappa shape index (κ2) is 5.23. The van der Waals surface area contributed by atoms with Gasteiger partial charge >= 0.3 is 0 Å². The summed E-state index contributed by atoms with van der Waals surface area (Å²) in [7, 11) is 0. The number of para-hydroxylation sites is 2. The normalized spacial score (nSPS) is 10.9. The molecule has 0 aliphatic heterocycles. The van der Waals surface area contributed by atoms with E-state index in [1.807, 2.05) is 28.8 Å². The molecule has 0 aliphatic rings. The van der Waals surface area contributed by atoms with Crippen molar-refractivity contribution in [2.75, 3.05) is 5.75 Å². The lowest BCUT2D eigenvalue weighted by molar-refractivity contribution is -0.118. The van der Waals surface area contributed by atoms with Crippen LogP contribution in [0.1, 0.15) is 13.3 Å². The van der Waals surface area contributed by atoms with Crippen LogP contribution in [0.5, 0.6) is 0 Å². The number of carbonyl (C=O) groups excluding carboxylic acids is 1. The Labute approximate surface area is 104 Å². The average molecular weight is 249 g/mol. The Morgan fingerprint density at radius 3 is 2.94 bits per heavy atom. The van der Waals surface area contributed by atoms with Crippen LogP contribution in [0, 0.1) is 0 Å². The van der Waals surface area contributed by atoms with Crippen LogP contribution in [0.25, 0.3) is 11.0 Å². The van der Waals surface area contributed by atoms with Crippen LogP contribution in [0.15, 0.2) is 29.4 Å². The van der Waals surface area contributed by atoms with E-state index in [1.165, 1.54) is 0 Å². The maximum atomic E-state index is 11.1. The molecule has 0 fully saturated rings. The van der Waals surface area contributed by atoms with Gasteiger partial charge in [-0.3, -0.25) is 4.79 Å². The SMILES string of the molecule is CCCSc1nc2ccccc2n1CC(N)=O. The molecule has 1 heterocycles. The van der Waals surface area contributed by atoms with Crippen molar-refractivity contribution in [3.8, 4) is 0 Å². The maximum Gasteiger partial charge on any atom is 0.237 e. The van der Waals surface area contributed by atoms with Gasteiger partial charge in [-0.2, -0.15) is 0 Å². The lowest BCUT2D eigenvalue weighted by atomic mass is 10.3. The minimum atomic E-state index is -0.341. The molecule has 2 N–H and O–H groups in total. The molecule has 5 heteroatoms. The molecular formula is C12H15N3OS. The summed E-state index contributed by atoms with van der Waals surface area (Å²) in [5.74, 6) is 0.647. The van der Waals surface area contributed by atoms with Crippen molar-refractivity contribution in [3.63, 3.8) is 0 Å². The number of rotatable bonds is 5. The third-order valence-electron chi connectivity index (χ3n) is 2.37. The van der Waals surface area contributed by atoms with Gasteiger partial charge in [-0.25, -0.2) is 4.98 Å². The molecule has 17 heavy (non-hydrogen) atoms. The predicted octanol–water partition coefficient (Wildman–Crippen LogP) is 2.02. The van der Waals surface area contributed by atoms with Crippen LogP contribution in [0.4, 0.5) is 0 Å². The molecule has 0 spiro atoms. The number of aromatic nitrogens is 2. The average Bonchev–Trinajstić information content (AvgIpc) is 2.64. The summed E-state index contributed by atoms with van der Waals surface area (Å²) >= 11 is 1.66. The number of fused-ring (bicyclic) bond motifs is 1. The van der Waals surface area contributed by atoms with E-state index in [4.69, 9.17) is 5.73 Å². The fourth-order valence-corrected chi connectivity index (χ4v) is 2.53. The van der Waals surface area contributed by atoms with Crippen LogP contribution >= 0.6 is 11.8 Å². The van der Waals surface area contributed by atoms with Crippen LogP contribution in [0.2, 0.25) is 0 Å². The first-order valence-electron chi connectivity index (χ1n) is 5.58. The van der Waals surface area contributed by atoms with Gasteiger partial charge in [0.1, 0.15) is 6.54 Å². The second-order valence-corrected chi connectivity index (χ2v) is 4.85. The summed E-state index contributed by atoms with van der Waals surface area (Å²) in [4.78, 5) is 15.6. The monoisotopic (exact) mass is 249 g/mol. The van der Waals surface area contributed by atoms with Crippen LogP contribution in [-0.2, 0) is 11.3 Å². The number of imidazole rings is 1. The van der Waals surface area contributed by atoms with Gasteiger partial charge in [-0.05, 0) is 18.6 Å². The highest BCUT2D eigenvalue weighted by Gasteiger charge is 2.11. The molecule has 0 unspecified atom stereocenters. The molecule has 4 nitrogen and oxygen atoms in total. The number of benzene rings is 1. The molecule has 90 valence electrons. The summed E-state index contributed by atoms with van der Waals surface area (Å²) in [6, 6.07) is 7.79. The third kappa shape index (κ3) is 2.61. The lowest BCUT2D eigenvalue weighted by Crippen LogP contribution is -2.19. The Morgan fingerprint density at radius 1 is 1.47 bits per heavy atom. The Kier molecular flexibility index (Phi) is 3.68. The molecule has 2 aromatic rings. The van der Waals surface area contributed by atoms with Gasteiger partial charge in [0.05, 0.1) is 11.0 Å². The maximum absolute atomic E-state index is 11.1. The molecular weight excluding hydrogens is 234 g/mol. The fraction of sp³-hybridized carbons (Fsp3) is 0.333. The number of amides is 1. The van der Waals surface area contributed by atoms with E-state index in [0.717, 1.165) is 28.4 Å². The van der Waals surface area contributed by atoms with Gasteiger partial charge in [0.15, 0.2) is 5.16 Å². The highest BCUT2D eigenvalue weighted by molar-refractivity contribution is 7.99. The van der Waals surface area contributed by atoms with Gasteiger partial charge in [0.25, 0.3) is 0 Å². The zero-order valence-corrected chi connectivity index (χ0v) is 10.5. The van der Waals surface area contributed by atoms with Gasteiger partial charge in [-0.1, -0.05) is 30.8 Å². The summed E-state index contributed by atoms with van der Waals surface area (Å²) in [6.07, 6.45) is 1.07. The molecule has 0 saturated heterocycles. The number of carbonyl (C=O) groups is 1. The number of nitrogens with two attached hydrogens (primary N) is 1. The van der Waals surface area contributed by atoms with E-state index in [0.29, 0.717) is 0 Å². The van der Waals surface area contributed by atoms with Crippen LogP contribution < -0.4 is 5.73 Å². The molecule has 0 aliphatic carbocycles. The third-order valence-corrected chi connectivity index (χ3v) is 3.55. The highest BCUT2D eigenvalue weighted by atomic mass is 32.2. The standard InChI is InChI=1S/C12H15N3OS/c1-2-7-17-12-14-9-5-3-4-6-10(9)15(12)8-11(13)16/h3-6H,2,7-8H2,1H3,(H2,13,16). The predicted molar refractivity (Wildman–Crippen MR) is 69.9 cm³/mol. The molecule has 0 atom stereocenters. The zero-order valence-electron chi connectivity index (χ0n) is 9.72. The molecule has 1 amide bonds. The minimum Gasteiger partial charge on any atom is -0.368 e. The number of nitrogens with zero attached hydrogens (tertiary/aromatic N) is 2. The van der Waals surface area contributed by atoms with Gasteiger partial charge in [-0.15, -0.1) is 0 Å². The molecule has 1 aromatic carbocycles. The van der Waals surface area contributed by atoms with Crippen molar-refractivity contribution in [1.29, 1.82) is 0 Å². The van der Waals surface area contributed by atoms with Crippen molar-refractivity contribution < 1.29 is 4.79 Å². The smallest absolute Gasteiger partial charge is 0.237 e. The largest absolute Gasteiger partial charge is 0.368 e. The first kappa shape index (κ1) is 12.0. The molecule has 2 rings (SSSR count). The topological polar surface area (TPSA) is 60.9 Å². The molecule has 1 aromatic heterocycles. The Morgan fingerprint density at radius 2 is 2.24 bits per heavy atom. The van der Waals surface area contributed by atoms with E-state index in [-0.39, 0.29) is 12.5 Å². The first-order chi connectivity index (χ1) is 8.22. The van der Waals surface area contributed by atoms with E-state index in [1.54, 1.807) is 11.8 Å². The van der Waals surface area contributed by atoms with Crippen molar-refractivity contribution in [1.82, 2.24) is 9.55 Å². The molecule has 0 saturated carbocycles. The summed E-state index contributed by atoms with van der Waals surface area (Å²) < 4.78 is 1.89. The van der Waals surface area contributed by atoms with Gasteiger partial charge in [0.2, 0.25) is 5.91 Å². The van der Waals surface area contributed by atoms with E-state index >= 15 is 0 Å². The van der Waals surface area contributed by atoms with Crippen molar-refractivity contribution in [3.05, 3.63) is 24.3 Å². The molecule has 0 radical (unpaired) electrons. The van der Waals surface area contributed by atoms with Crippen LogP contribution in [0.3, 0.4) is 0 Å². The Balaban J connectivity index is 2.44. The summed E-state index contributed by atoms with van der Waals surface area (Å²) in [6.45, 7) is 2.31. The number of hydrogen-bond acceptors (Lipinski definition) is 3. The highest BCUT2D eigenvalue weighted by Crippen LogP contribution is 2.24. The Bertz CT molecular complexity index is 536. The van der Waals surface area contributed by atoms with E-state index < -0.39 is 0 Å². The lowest BCUT2D eigenvalue weighted by Gasteiger charge is -2.05. The summed E-state index contributed by atoms with van der Waals surface area (Å²) in [5.41, 5.74) is 7.15. The molecule has 0 bridgehead atoms. The van der Waals surface area contributed by atoms with E-state index in [2.05, 4.69) is 11.9 Å². The number of hydrogen-bond donors (Lipinski definition) is 1. The van der Waals surface area contributed by atoms with Gasteiger partial charge < -0.3 is 10.3 Å². The first-order valence-corrected chi connectivity index (χ1v) is 6.57.